The lowest BCUT2D eigenvalue weighted by Gasteiger charge is -2.20. The summed E-state index contributed by atoms with van der Waals surface area (Å²) in [4.78, 5) is 0.0502. The number of halogens is 1. The summed E-state index contributed by atoms with van der Waals surface area (Å²) in [5.74, 6) is -0.536. The number of hydrogen-bond acceptors (Lipinski definition) is 3. The van der Waals surface area contributed by atoms with Gasteiger partial charge in [-0.1, -0.05) is 33.3 Å². The van der Waals surface area contributed by atoms with Crippen molar-refractivity contribution < 1.29 is 12.8 Å². The summed E-state index contributed by atoms with van der Waals surface area (Å²) in [6.45, 7) is 6.79. The summed E-state index contributed by atoms with van der Waals surface area (Å²) in [7, 11) is -2.12. The van der Waals surface area contributed by atoms with Crippen molar-refractivity contribution in [2.75, 3.05) is 13.6 Å². The van der Waals surface area contributed by atoms with E-state index in [0.29, 0.717) is 18.7 Å². The molecule has 0 aliphatic rings. The fourth-order valence-electron chi connectivity index (χ4n) is 1.90. The maximum Gasteiger partial charge on any atom is 0.243 e. The Kier molecular flexibility index (Phi) is 6.77. The van der Waals surface area contributed by atoms with Gasteiger partial charge in [-0.3, -0.25) is 0 Å². The van der Waals surface area contributed by atoms with Gasteiger partial charge in [-0.2, -0.15) is 0 Å². The predicted octanol–water partition coefficient (Wildman–Crippen LogP) is 2.74. The minimum Gasteiger partial charge on any atom is -0.310 e. The lowest BCUT2D eigenvalue weighted by Crippen LogP contribution is -2.30. The highest BCUT2D eigenvalue weighted by molar-refractivity contribution is 7.89. The van der Waals surface area contributed by atoms with Crippen molar-refractivity contribution in [1.29, 1.82) is 0 Å². The number of sulfonamides is 1. The Hall–Kier alpha value is -0.980. The van der Waals surface area contributed by atoms with Gasteiger partial charge < -0.3 is 5.32 Å². The molecule has 0 aliphatic carbocycles. The van der Waals surface area contributed by atoms with Gasteiger partial charge in [0.2, 0.25) is 10.0 Å². The molecular formula is C15H25FN2O2S. The van der Waals surface area contributed by atoms with Gasteiger partial charge in [0.05, 0.1) is 4.90 Å². The molecule has 0 saturated carbocycles. The number of rotatable bonds is 8. The van der Waals surface area contributed by atoms with Crippen LogP contribution in [0, 0.1) is 5.82 Å². The highest BCUT2D eigenvalue weighted by Gasteiger charge is 2.24. The second kappa shape index (κ2) is 7.87. The zero-order chi connectivity index (χ0) is 16.0. The summed E-state index contributed by atoms with van der Waals surface area (Å²) in [5.41, 5.74) is 0.591. The van der Waals surface area contributed by atoms with Crippen LogP contribution in [0.3, 0.4) is 0 Å². The minimum absolute atomic E-state index is 0.0502. The molecule has 1 N–H and O–H groups in total. The molecule has 21 heavy (non-hydrogen) atoms. The topological polar surface area (TPSA) is 49.4 Å². The second-order valence-corrected chi connectivity index (χ2v) is 7.48. The van der Waals surface area contributed by atoms with Crippen molar-refractivity contribution in [1.82, 2.24) is 9.62 Å². The molecule has 0 amide bonds. The molecule has 0 spiro atoms. The number of nitrogens with one attached hydrogen (secondary N) is 1. The highest BCUT2D eigenvalue weighted by atomic mass is 32.2. The Morgan fingerprint density at radius 2 is 2.00 bits per heavy atom. The van der Waals surface area contributed by atoms with Gasteiger partial charge in [0.1, 0.15) is 5.82 Å². The first-order chi connectivity index (χ1) is 9.78. The van der Waals surface area contributed by atoms with Gasteiger partial charge in [0.15, 0.2) is 0 Å². The van der Waals surface area contributed by atoms with Crippen molar-refractivity contribution in [2.24, 2.45) is 0 Å². The van der Waals surface area contributed by atoms with Gasteiger partial charge in [-0.05, 0) is 24.1 Å². The molecule has 0 bridgehead atoms. The first kappa shape index (κ1) is 18.1. The molecule has 4 nitrogen and oxygen atoms in total. The second-order valence-electron chi connectivity index (χ2n) is 5.47. The number of benzene rings is 1. The van der Waals surface area contributed by atoms with Crippen molar-refractivity contribution in [3.63, 3.8) is 0 Å². The Morgan fingerprint density at radius 3 is 2.57 bits per heavy atom. The quantitative estimate of drug-likeness (QED) is 0.802. The maximum absolute atomic E-state index is 13.5. The fraction of sp³-hybridized carbons (Fsp3) is 0.600. The summed E-state index contributed by atoms with van der Waals surface area (Å²) < 4.78 is 40.0. The van der Waals surface area contributed by atoms with Crippen molar-refractivity contribution in [2.45, 2.75) is 51.1 Å². The van der Waals surface area contributed by atoms with E-state index in [4.69, 9.17) is 0 Å². The van der Waals surface area contributed by atoms with Gasteiger partial charge in [-0.15, -0.1) is 0 Å². The van der Waals surface area contributed by atoms with Crippen LogP contribution in [-0.2, 0) is 16.6 Å². The molecular weight excluding hydrogens is 291 g/mol. The lowest BCUT2D eigenvalue weighted by molar-refractivity contribution is 0.457. The molecule has 0 saturated heterocycles. The van der Waals surface area contributed by atoms with E-state index < -0.39 is 15.8 Å². The van der Waals surface area contributed by atoms with E-state index in [1.54, 1.807) is 0 Å². The molecule has 0 atom stereocenters. The molecule has 0 radical (unpaired) electrons. The summed E-state index contributed by atoms with van der Waals surface area (Å²) in [6.07, 6.45) is 1.69. The van der Waals surface area contributed by atoms with Gasteiger partial charge in [0.25, 0.3) is 0 Å². The average molecular weight is 316 g/mol. The number of unbranched alkanes of at least 4 members (excludes halogenated alkanes) is 1. The molecule has 0 unspecified atom stereocenters. The molecule has 0 aromatic heterocycles. The van der Waals surface area contributed by atoms with E-state index in [-0.39, 0.29) is 10.9 Å². The minimum atomic E-state index is -3.66. The highest BCUT2D eigenvalue weighted by Crippen LogP contribution is 2.21. The summed E-state index contributed by atoms with van der Waals surface area (Å²) in [6, 6.07) is 4.16. The van der Waals surface area contributed by atoms with Gasteiger partial charge in [-0.25, -0.2) is 17.1 Å². The monoisotopic (exact) mass is 316 g/mol. The smallest absolute Gasteiger partial charge is 0.243 e. The third kappa shape index (κ3) is 5.05. The molecule has 6 heteroatoms. The van der Waals surface area contributed by atoms with Crippen LogP contribution in [-0.4, -0.2) is 32.4 Å². The van der Waals surface area contributed by atoms with Gasteiger partial charge >= 0.3 is 0 Å². The van der Waals surface area contributed by atoms with Crippen LogP contribution in [0.15, 0.2) is 23.1 Å². The zero-order valence-corrected chi connectivity index (χ0v) is 14.0. The van der Waals surface area contributed by atoms with Crippen molar-refractivity contribution >= 4 is 10.0 Å². The van der Waals surface area contributed by atoms with Gasteiger partial charge in [0, 0.05) is 26.2 Å². The van der Waals surface area contributed by atoms with E-state index in [9.17, 15) is 12.8 Å². The Balaban J connectivity index is 3.11. The Bertz CT molecular complexity index is 559. The normalized spacial score (nSPS) is 12.3. The van der Waals surface area contributed by atoms with Crippen molar-refractivity contribution in [3.05, 3.63) is 29.6 Å². The largest absolute Gasteiger partial charge is 0.310 e. The molecule has 120 valence electrons. The van der Waals surface area contributed by atoms with Crippen LogP contribution < -0.4 is 5.32 Å². The lowest BCUT2D eigenvalue weighted by atomic mass is 10.2. The van der Waals surface area contributed by atoms with Crippen LogP contribution in [0.4, 0.5) is 4.39 Å². The molecule has 0 aliphatic heterocycles. The van der Waals surface area contributed by atoms with E-state index >= 15 is 0 Å². The predicted molar refractivity (Wildman–Crippen MR) is 83.1 cm³/mol. The van der Waals surface area contributed by atoms with Crippen LogP contribution >= 0.6 is 0 Å². The number of nitrogens with zero attached hydrogens (tertiary/aromatic N) is 1. The molecule has 1 aromatic rings. The van der Waals surface area contributed by atoms with Crippen LogP contribution in [0.25, 0.3) is 0 Å². The first-order valence-corrected chi connectivity index (χ1v) is 8.71. The molecule has 1 aromatic carbocycles. The van der Waals surface area contributed by atoms with Crippen LogP contribution in [0.1, 0.15) is 39.2 Å². The maximum atomic E-state index is 13.5. The fourth-order valence-corrected chi connectivity index (χ4v) is 3.34. The number of hydrogen-bond donors (Lipinski definition) is 1. The van der Waals surface area contributed by atoms with Crippen LogP contribution in [0.2, 0.25) is 0 Å². The zero-order valence-electron chi connectivity index (χ0n) is 13.2. The summed E-state index contributed by atoms with van der Waals surface area (Å²) in [5, 5.41) is 3.17. The van der Waals surface area contributed by atoms with Crippen molar-refractivity contribution in [3.8, 4) is 0 Å². The summed E-state index contributed by atoms with van der Waals surface area (Å²) >= 11 is 0. The standard InChI is InChI=1S/C15H25FN2O2S/c1-5-6-9-18(4)21(19,20)15-10-14(16)8-7-13(15)11-17-12(2)3/h7-8,10,12,17H,5-6,9,11H2,1-4H3. The SMILES string of the molecule is CCCCN(C)S(=O)(=O)c1cc(F)ccc1CNC(C)C. The van der Waals surface area contributed by atoms with E-state index in [1.807, 2.05) is 20.8 Å². The van der Waals surface area contributed by atoms with E-state index in [0.717, 1.165) is 18.9 Å². The Labute approximate surface area is 127 Å². The van der Waals surface area contributed by atoms with E-state index in [1.165, 1.54) is 23.5 Å². The van der Waals surface area contributed by atoms with E-state index in [2.05, 4.69) is 5.32 Å². The first-order valence-electron chi connectivity index (χ1n) is 7.27. The molecule has 1 rings (SSSR count). The third-order valence-electron chi connectivity index (χ3n) is 3.24. The third-order valence-corrected chi connectivity index (χ3v) is 5.18. The molecule has 0 heterocycles. The average Bonchev–Trinajstić information content (AvgIpc) is 2.42. The van der Waals surface area contributed by atoms with Crippen LogP contribution in [0.5, 0.6) is 0 Å². The molecule has 0 fully saturated rings. The Morgan fingerprint density at radius 1 is 1.33 bits per heavy atom.